The van der Waals surface area contributed by atoms with E-state index in [0.717, 1.165) is 42.1 Å². The summed E-state index contributed by atoms with van der Waals surface area (Å²) in [6, 6.07) is 20.2. The molecule has 1 saturated carbocycles. The van der Waals surface area contributed by atoms with Gasteiger partial charge in [0.05, 0.1) is 22.8 Å². The Hall–Kier alpha value is -3.91. The summed E-state index contributed by atoms with van der Waals surface area (Å²) < 4.78 is 5.44. The van der Waals surface area contributed by atoms with Crippen LogP contribution in [0.2, 0.25) is 0 Å². The maximum absolute atomic E-state index is 12.6. The fourth-order valence-electron chi connectivity index (χ4n) is 4.93. The molecular weight excluding hydrogens is 440 g/mol. The normalized spacial score (nSPS) is 24.1. The Balaban J connectivity index is 1.38. The lowest BCUT2D eigenvalue weighted by molar-refractivity contribution is 0.189. The van der Waals surface area contributed by atoms with Gasteiger partial charge in [0.25, 0.3) is 0 Å². The highest BCUT2D eigenvalue weighted by atomic mass is 16.6. The second-order valence-electron chi connectivity index (χ2n) is 8.89. The van der Waals surface area contributed by atoms with Gasteiger partial charge in [-0.1, -0.05) is 30.3 Å². The molecule has 178 valence electrons. The van der Waals surface area contributed by atoms with E-state index >= 15 is 0 Å². The molecule has 2 unspecified atom stereocenters. The number of hydrogen-bond donors (Lipinski definition) is 2. The van der Waals surface area contributed by atoms with Gasteiger partial charge in [-0.2, -0.15) is 10.2 Å². The molecule has 1 aromatic carbocycles. The zero-order chi connectivity index (χ0) is 24.0. The number of amides is 1. The minimum absolute atomic E-state index is 0.0846. The first-order valence-electron chi connectivity index (χ1n) is 12.0. The number of fused-ring (bicyclic) bond motifs is 1. The number of pyridine rings is 2. The maximum Gasteiger partial charge on any atom is 0.412 e. The van der Waals surface area contributed by atoms with Crippen molar-refractivity contribution < 1.29 is 9.53 Å². The van der Waals surface area contributed by atoms with Crippen LogP contribution in [-0.2, 0) is 0 Å². The molecule has 8 nitrogen and oxygen atoms in total. The van der Waals surface area contributed by atoms with Gasteiger partial charge < -0.3 is 15.8 Å². The lowest BCUT2D eigenvalue weighted by Crippen LogP contribution is -2.51. The van der Waals surface area contributed by atoms with Crippen molar-refractivity contribution in [2.75, 3.05) is 0 Å². The molecule has 3 aromatic rings. The fourth-order valence-corrected chi connectivity index (χ4v) is 4.93. The van der Waals surface area contributed by atoms with Crippen LogP contribution >= 0.6 is 0 Å². The van der Waals surface area contributed by atoms with Crippen molar-refractivity contribution in [3.63, 3.8) is 0 Å². The van der Waals surface area contributed by atoms with Crippen molar-refractivity contribution in [3.05, 3.63) is 90.5 Å². The molecule has 3 heterocycles. The number of aromatic nitrogens is 2. The van der Waals surface area contributed by atoms with Gasteiger partial charge in [0.1, 0.15) is 5.75 Å². The number of nitrogens with two attached hydrogens (primary N) is 1. The monoisotopic (exact) mass is 468 g/mol. The van der Waals surface area contributed by atoms with Crippen LogP contribution in [0.3, 0.4) is 0 Å². The third-order valence-electron chi connectivity index (χ3n) is 6.68. The van der Waals surface area contributed by atoms with Crippen LogP contribution in [0.5, 0.6) is 5.75 Å². The van der Waals surface area contributed by atoms with E-state index in [2.05, 4.69) is 25.5 Å². The smallest absolute Gasteiger partial charge is 0.410 e. The Bertz CT molecular complexity index is 1200. The minimum Gasteiger partial charge on any atom is -0.410 e. The highest BCUT2D eigenvalue weighted by molar-refractivity contribution is 6.10. The SMILES string of the molecule is N[C@H]1CCC2C(c3ccccn3)=NN=C(c3ccccn3)C2CC[C@H]1NC(=O)Oc1ccccc1. The summed E-state index contributed by atoms with van der Waals surface area (Å²) in [5, 5.41) is 12.3. The summed E-state index contributed by atoms with van der Waals surface area (Å²) in [5.74, 6) is 0.696. The molecule has 1 fully saturated rings. The molecule has 0 saturated heterocycles. The van der Waals surface area contributed by atoms with Gasteiger partial charge in [0, 0.05) is 36.3 Å². The van der Waals surface area contributed by atoms with Crippen molar-refractivity contribution in [2.45, 2.75) is 37.8 Å². The molecule has 5 rings (SSSR count). The molecule has 2 aromatic heterocycles. The average Bonchev–Trinajstić information content (AvgIpc) is 2.90. The number of carbonyl (C=O) groups excluding carboxylic acids is 1. The zero-order valence-corrected chi connectivity index (χ0v) is 19.3. The van der Waals surface area contributed by atoms with Gasteiger partial charge in [0.2, 0.25) is 0 Å². The van der Waals surface area contributed by atoms with Crippen molar-refractivity contribution in [2.24, 2.45) is 27.8 Å². The third-order valence-corrected chi connectivity index (χ3v) is 6.68. The first-order valence-corrected chi connectivity index (χ1v) is 12.0. The van der Waals surface area contributed by atoms with Crippen LogP contribution in [0.15, 0.2) is 89.3 Å². The largest absolute Gasteiger partial charge is 0.412 e. The Kier molecular flexibility index (Phi) is 6.90. The summed E-state index contributed by atoms with van der Waals surface area (Å²) in [4.78, 5) is 21.7. The van der Waals surface area contributed by atoms with Crippen LogP contribution in [0, 0.1) is 11.8 Å². The van der Waals surface area contributed by atoms with E-state index in [1.807, 2.05) is 54.6 Å². The first-order chi connectivity index (χ1) is 17.2. The van der Waals surface area contributed by atoms with Crippen LogP contribution in [0.1, 0.15) is 37.1 Å². The summed E-state index contributed by atoms with van der Waals surface area (Å²) in [5.41, 5.74) is 9.99. The summed E-state index contributed by atoms with van der Waals surface area (Å²) in [6.45, 7) is 0. The Morgan fingerprint density at radius 1 is 0.771 bits per heavy atom. The number of benzene rings is 1. The van der Waals surface area contributed by atoms with Crippen LogP contribution in [-0.4, -0.2) is 39.6 Å². The molecule has 1 amide bonds. The number of para-hydroxylation sites is 1. The third kappa shape index (κ3) is 5.27. The standard InChI is InChI=1S/C27H28N6O2/c28-21-14-12-19-20(13-15-22(21)31-27(34)35-18-8-2-1-3-9-18)26(24-11-5-7-17-30-24)33-32-25(19)23-10-4-6-16-29-23/h1-11,16-17,19-22H,12-15,28H2,(H,31,34)/t19?,20?,21-,22+/m0/s1. The molecule has 2 aliphatic rings. The van der Waals surface area contributed by atoms with Gasteiger partial charge in [-0.3, -0.25) is 9.97 Å². The molecular formula is C27H28N6O2. The van der Waals surface area contributed by atoms with Gasteiger partial charge in [-0.25, -0.2) is 4.79 Å². The van der Waals surface area contributed by atoms with E-state index < -0.39 is 6.09 Å². The topological polar surface area (TPSA) is 115 Å². The predicted molar refractivity (Wildman–Crippen MR) is 134 cm³/mol. The van der Waals surface area contributed by atoms with E-state index in [0.29, 0.717) is 12.2 Å². The van der Waals surface area contributed by atoms with Crippen molar-refractivity contribution in [3.8, 4) is 5.75 Å². The van der Waals surface area contributed by atoms with Crippen LogP contribution in [0.25, 0.3) is 0 Å². The molecule has 1 aliphatic carbocycles. The van der Waals surface area contributed by atoms with Crippen molar-refractivity contribution in [1.82, 2.24) is 15.3 Å². The zero-order valence-electron chi connectivity index (χ0n) is 19.3. The average molecular weight is 469 g/mol. The van der Waals surface area contributed by atoms with E-state index in [1.54, 1.807) is 24.5 Å². The summed E-state index contributed by atoms with van der Waals surface area (Å²) in [7, 11) is 0. The number of rotatable bonds is 4. The Morgan fingerprint density at radius 2 is 1.34 bits per heavy atom. The highest BCUT2D eigenvalue weighted by Crippen LogP contribution is 2.35. The van der Waals surface area contributed by atoms with Gasteiger partial charge in [-0.05, 0) is 62.1 Å². The summed E-state index contributed by atoms with van der Waals surface area (Å²) >= 11 is 0. The molecule has 1 aliphatic heterocycles. The Morgan fingerprint density at radius 3 is 1.91 bits per heavy atom. The number of nitrogens with zero attached hydrogens (tertiary/aromatic N) is 4. The number of hydrogen-bond acceptors (Lipinski definition) is 7. The molecule has 3 N–H and O–H groups in total. The van der Waals surface area contributed by atoms with E-state index in [-0.39, 0.29) is 23.9 Å². The molecule has 0 bridgehead atoms. The molecule has 4 atom stereocenters. The maximum atomic E-state index is 12.6. The number of nitrogens with one attached hydrogen (secondary N) is 1. The van der Waals surface area contributed by atoms with E-state index in [1.165, 1.54) is 0 Å². The molecule has 0 radical (unpaired) electrons. The lowest BCUT2D eigenvalue weighted by atomic mass is 9.72. The number of ether oxygens (including phenoxy) is 1. The van der Waals surface area contributed by atoms with Gasteiger partial charge >= 0.3 is 6.09 Å². The van der Waals surface area contributed by atoms with Crippen LogP contribution in [0.4, 0.5) is 4.79 Å². The fraction of sp³-hybridized carbons (Fsp3) is 0.296. The highest BCUT2D eigenvalue weighted by Gasteiger charge is 2.39. The molecule has 8 heteroatoms. The van der Waals surface area contributed by atoms with E-state index in [9.17, 15) is 4.79 Å². The predicted octanol–water partition coefficient (Wildman–Crippen LogP) is 3.97. The lowest BCUT2D eigenvalue weighted by Gasteiger charge is -2.37. The van der Waals surface area contributed by atoms with E-state index in [4.69, 9.17) is 10.5 Å². The quantitative estimate of drug-likeness (QED) is 0.601. The summed E-state index contributed by atoms with van der Waals surface area (Å²) in [6.07, 6.45) is 6.04. The van der Waals surface area contributed by atoms with Gasteiger partial charge in [-0.15, -0.1) is 0 Å². The first kappa shape index (κ1) is 22.9. The van der Waals surface area contributed by atoms with Crippen molar-refractivity contribution >= 4 is 17.5 Å². The molecule has 35 heavy (non-hydrogen) atoms. The van der Waals surface area contributed by atoms with Crippen molar-refractivity contribution in [1.29, 1.82) is 0 Å². The van der Waals surface area contributed by atoms with Crippen LogP contribution < -0.4 is 15.8 Å². The minimum atomic E-state index is -0.494. The van der Waals surface area contributed by atoms with Gasteiger partial charge in [0.15, 0.2) is 0 Å². The molecule has 0 spiro atoms. The second-order valence-corrected chi connectivity index (χ2v) is 8.89. The number of carbonyl (C=O) groups is 1. The second kappa shape index (κ2) is 10.6. The Labute approximate surface area is 204 Å².